The van der Waals surface area contributed by atoms with Gasteiger partial charge in [0.2, 0.25) is 0 Å². The van der Waals surface area contributed by atoms with Crippen LogP contribution in [0.1, 0.15) is 71.9 Å². The van der Waals surface area contributed by atoms with E-state index in [9.17, 15) is 5.11 Å². The van der Waals surface area contributed by atoms with Crippen molar-refractivity contribution < 1.29 is 5.11 Å². The molecule has 4 heteroatoms. The average Bonchev–Trinajstić information content (AvgIpc) is 2.89. The summed E-state index contributed by atoms with van der Waals surface area (Å²) in [7, 11) is 0. The molecular formula is C16H29N3O. The molecular weight excluding hydrogens is 250 g/mol. The van der Waals surface area contributed by atoms with Crippen molar-refractivity contribution >= 4 is 0 Å². The third-order valence-electron chi connectivity index (χ3n) is 5.36. The number of rotatable bonds is 5. The second kappa shape index (κ2) is 5.84. The minimum atomic E-state index is -0.723. The van der Waals surface area contributed by atoms with Crippen molar-refractivity contribution in [2.24, 2.45) is 11.3 Å². The molecule has 0 unspecified atom stereocenters. The minimum absolute atomic E-state index is 0.378. The summed E-state index contributed by atoms with van der Waals surface area (Å²) in [6.45, 7) is 9.93. The zero-order valence-electron chi connectivity index (χ0n) is 13.4. The van der Waals surface area contributed by atoms with Gasteiger partial charge in [-0.2, -0.15) is 0 Å². The molecule has 1 aliphatic rings. The zero-order valence-corrected chi connectivity index (χ0v) is 13.4. The Balaban J connectivity index is 2.09. The lowest BCUT2D eigenvalue weighted by molar-refractivity contribution is -0.0392. The van der Waals surface area contributed by atoms with Gasteiger partial charge in [-0.3, -0.25) is 0 Å². The molecule has 0 spiro atoms. The molecule has 1 aromatic rings. The Labute approximate surface area is 122 Å². The molecule has 1 aliphatic carbocycles. The van der Waals surface area contributed by atoms with E-state index in [0.29, 0.717) is 11.3 Å². The first-order chi connectivity index (χ1) is 9.43. The fourth-order valence-corrected chi connectivity index (χ4v) is 3.42. The monoisotopic (exact) mass is 279 g/mol. The lowest BCUT2D eigenvalue weighted by Crippen LogP contribution is -2.37. The van der Waals surface area contributed by atoms with Crippen molar-refractivity contribution in [1.29, 1.82) is 0 Å². The number of aryl methyl sites for hydroxylation is 1. The van der Waals surface area contributed by atoms with Gasteiger partial charge in [-0.25, -0.2) is 4.68 Å². The van der Waals surface area contributed by atoms with E-state index in [0.717, 1.165) is 44.3 Å². The van der Waals surface area contributed by atoms with Crippen molar-refractivity contribution in [2.45, 2.75) is 78.4 Å². The van der Waals surface area contributed by atoms with E-state index in [1.54, 1.807) is 6.20 Å². The van der Waals surface area contributed by atoms with Crippen LogP contribution in [0.3, 0.4) is 0 Å². The highest BCUT2D eigenvalue weighted by atomic mass is 16.3. The van der Waals surface area contributed by atoms with Crippen LogP contribution in [0, 0.1) is 11.3 Å². The van der Waals surface area contributed by atoms with Crippen molar-refractivity contribution in [2.75, 3.05) is 0 Å². The second-order valence-electron chi connectivity index (χ2n) is 6.99. The van der Waals surface area contributed by atoms with Gasteiger partial charge in [-0.1, -0.05) is 39.3 Å². The van der Waals surface area contributed by atoms with Crippen LogP contribution < -0.4 is 0 Å². The number of hydrogen-bond donors (Lipinski definition) is 1. The number of aliphatic hydroxyl groups is 1. The molecule has 0 saturated heterocycles. The first-order valence-corrected chi connectivity index (χ1v) is 8.04. The number of nitrogens with zero attached hydrogens (tertiary/aromatic N) is 3. The number of hydrogen-bond acceptors (Lipinski definition) is 3. The minimum Gasteiger partial charge on any atom is -0.384 e. The third-order valence-corrected chi connectivity index (χ3v) is 5.36. The third kappa shape index (κ3) is 2.90. The maximum absolute atomic E-state index is 11.0. The fourth-order valence-electron chi connectivity index (χ4n) is 3.42. The van der Waals surface area contributed by atoms with Gasteiger partial charge in [-0.05, 0) is 43.4 Å². The largest absolute Gasteiger partial charge is 0.384 e. The van der Waals surface area contributed by atoms with Crippen LogP contribution in [-0.2, 0) is 12.1 Å². The van der Waals surface area contributed by atoms with Crippen molar-refractivity contribution in [3.05, 3.63) is 11.9 Å². The molecule has 0 atom stereocenters. The van der Waals surface area contributed by atoms with Gasteiger partial charge in [0.1, 0.15) is 5.60 Å². The Morgan fingerprint density at radius 3 is 2.55 bits per heavy atom. The molecule has 0 aromatic carbocycles. The first kappa shape index (κ1) is 15.5. The Morgan fingerprint density at radius 2 is 2.00 bits per heavy atom. The van der Waals surface area contributed by atoms with E-state index in [1.807, 2.05) is 4.68 Å². The van der Waals surface area contributed by atoms with Crippen LogP contribution in [0.5, 0.6) is 0 Å². The Hall–Kier alpha value is -0.900. The van der Waals surface area contributed by atoms with Gasteiger partial charge in [0.25, 0.3) is 0 Å². The molecule has 1 N–H and O–H groups in total. The molecule has 1 fully saturated rings. The Bertz CT molecular complexity index is 431. The van der Waals surface area contributed by atoms with E-state index in [-0.39, 0.29) is 0 Å². The smallest absolute Gasteiger partial charge is 0.108 e. The van der Waals surface area contributed by atoms with E-state index in [1.165, 1.54) is 6.42 Å². The lowest BCUT2D eigenvalue weighted by Gasteiger charge is -2.42. The van der Waals surface area contributed by atoms with Gasteiger partial charge in [0, 0.05) is 6.54 Å². The van der Waals surface area contributed by atoms with Crippen LogP contribution in [0.25, 0.3) is 0 Å². The summed E-state index contributed by atoms with van der Waals surface area (Å²) in [5, 5.41) is 19.1. The van der Waals surface area contributed by atoms with E-state index in [4.69, 9.17) is 0 Å². The predicted octanol–water partition coefficient (Wildman–Crippen LogP) is 3.50. The van der Waals surface area contributed by atoms with Crippen LogP contribution >= 0.6 is 0 Å². The normalized spacial score (nSPS) is 27.8. The molecule has 0 amide bonds. The Kier molecular flexibility index (Phi) is 4.52. The number of aromatic nitrogens is 3. The highest BCUT2D eigenvalue weighted by molar-refractivity contribution is 5.10. The molecule has 0 aliphatic heterocycles. The van der Waals surface area contributed by atoms with Crippen LogP contribution in [0.4, 0.5) is 0 Å². The predicted molar refractivity (Wildman–Crippen MR) is 80.2 cm³/mol. The first-order valence-electron chi connectivity index (χ1n) is 8.04. The van der Waals surface area contributed by atoms with Gasteiger partial charge in [0.15, 0.2) is 0 Å². The maximum atomic E-state index is 11.0. The Morgan fingerprint density at radius 1 is 1.35 bits per heavy atom. The lowest BCUT2D eigenvalue weighted by atomic mass is 9.66. The molecule has 4 nitrogen and oxygen atoms in total. The molecule has 20 heavy (non-hydrogen) atoms. The summed E-state index contributed by atoms with van der Waals surface area (Å²) in [6.07, 6.45) is 7.81. The summed E-state index contributed by atoms with van der Waals surface area (Å²) in [4.78, 5) is 0. The summed E-state index contributed by atoms with van der Waals surface area (Å²) < 4.78 is 1.88. The van der Waals surface area contributed by atoms with Crippen LogP contribution in [-0.4, -0.2) is 20.1 Å². The molecule has 114 valence electrons. The fraction of sp³-hybridized carbons (Fsp3) is 0.875. The van der Waals surface area contributed by atoms with E-state index in [2.05, 4.69) is 38.0 Å². The van der Waals surface area contributed by atoms with Crippen LogP contribution in [0.2, 0.25) is 0 Å². The van der Waals surface area contributed by atoms with Crippen molar-refractivity contribution in [1.82, 2.24) is 15.0 Å². The highest BCUT2D eigenvalue weighted by Gasteiger charge is 2.41. The van der Waals surface area contributed by atoms with Crippen LogP contribution in [0.15, 0.2) is 6.20 Å². The second-order valence-corrected chi connectivity index (χ2v) is 6.99. The molecule has 1 saturated carbocycles. The topological polar surface area (TPSA) is 50.9 Å². The molecule has 2 rings (SSSR count). The van der Waals surface area contributed by atoms with E-state index >= 15 is 0 Å². The average molecular weight is 279 g/mol. The van der Waals surface area contributed by atoms with Crippen molar-refractivity contribution in [3.8, 4) is 0 Å². The quantitative estimate of drug-likeness (QED) is 0.897. The van der Waals surface area contributed by atoms with Gasteiger partial charge < -0.3 is 5.11 Å². The molecule has 0 radical (unpaired) electrons. The maximum Gasteiger partial charge on any atom is 0.108 e. The summed E-state index contributed by atoms with van der Waals surface area (Å²) >= 11 is 0. The standard InChI is InChI=1S/C16H29N3O/c1-5-11-19-14(12-17-18-19)16(20)9-7-13(8-10-16)15(3,4)6-2/h12-13,20H,5-11H2,1-4H3. The van der Waals surface area contributed by atoms with Gasteiger partial charge in [0.05, 0.1) is 11.9 Å². The zero-order chi connectivity index (χ0) is 14.8. The molecule has 1 aromatic heterocycles. The summed E-state index contributed by atoms with van der Waals surface area (Å²) in [5.74, 6) is 0.711. The van der Waals surface area contributed by atoms with Gasteiger partial charge in [-0.15, -0.1) is 5.10 Å². The highest BCUT2D eigenvalue weighted by Crippen LogP contribution is 2.46. The summed E-state index contributed by atoms with van der Waals surface area (Å²) in [5.41, 5.74) is 0.564. The van der Waals surface area contributed by atoms with E-state index < -0.39 is 5.60 Å². The SMILES string of the molecule is CCCn1nncc1C1(O)CCC(C(C)(C)CC)CC1. The summed E-state index contributed by atoms with van der Waals surface area (Å²) in [6, 6.07) is 0. The molecule has 0 bridgehead atoms. The molecule has 1 heterocycles. The van der Waals surface area contributed by atoms with Gasteiger partial charge >= 0.3 is 0 Å². The van der Waals surface area contributed by atoms with Crippen molar-refractivity contribution in [3.63, 3.8) is 0 Å².